The van der Waals surface area contributed by atoms with Crippen LogP contribution < -0.4 is 16.5 Å². The maximum Gasteiger partial charge on any atom is 0.471 e. The molecule has 198 valence electrons. The van der Waals surface area contributed by atoms with Gasteiger partial charge >= 0.3 is 12.1 Å². The van der Waals surface area contributed by atoms with E-state index in [0.717, 1.165) is 4.90 Å². The van der Waals surface area contributed by atoms with Gasteiger partial charge in [-0.3, -0.25) is 34.4 Å². The number of nitrogens with two attached hydrogens (primary N) is 1. The molecule has 2 aliphatic rings. The van der Waals surface area contributed by atoms with E-state index in [1.165, 1.54) is 20.8 Å². The number of fused-ring (bicyclic) bond motifs is 1. The molecule has 0 aromatic carbocycles. The summed E-state index contributed by atoms with van der Waals surface area (Å²) < 4.78 is 51.7. The highest BCUT2D eigenvalue weighted by atomic mass is 19.4. The average molecular weight is 510 g/mol. The highest BCUT2D eigenvalue weighted by Gasteiger charge is 2.70. The van der Waals surface area contributed by atoms with Gasteiger partial charge in [0.1, 0.15) is 12.1 Å². The first-order valence-corrected chi connectivity index (χ1v) is 11.0. The molecule has 10 nitrogen and oxygen atoms in total. The Hall–Kier alpha value is -2.93. The number of hydrogen-bond donors (Lipinski definition) is 3. The van der Waals surface area contributed by atoms with Gasteiger partial charge in [0.2, 0.25) is 11.8 Å². The van der Waals surface area contributed by atoms with Crippen LogP contribution in [0.25, 0.3) is 0 Å². The van der Waals surface area contributed by atoms with Crippen LogP contribution in [0.15, 0.2) is 0 Å². The molecule has 4 atom stereocenters. The van der Waals surface area contributed by atoms with E-state index >= 15 is 0 Å². The van der Waals surface area contributed by atoms with Crippen molar-refractivity contribution in [2.75, 3.05) is 19.8 Å². The first-order valence-electron chi connectivity index (χ1n) is 11.0. The Morgan fingerprint density at radius 2 is 1.71 bits per heavy atom. The number of likely N-dealkylation sites (tertiary alicyclic amines) is 1. The SMILES string of the molecule is CC(C)(C)[C@H](NC(=O)C(F)(F)F)C(=O)N1C[C@H]2[C@@H]([C@H]1C(=O)NN(CCC(N)=O)C(=O)CF)C2(C)C. The molecular weight excluding hydrogens is 478 g/mol. The summed E-state index contributed by atoms with van der Waals surface area (Å²) in [6.45, 7) is 6.27. The first kappa shape index (κ1) is 28.3. The van der Waals surface area contributed by atoms with Crippen molar-refractivity contribution in [1.29, 1.82) is 0 Å². The molecule has 35 heavy (non-hydrogen) atoms. The topological polar surface area (TPSA) is 142 Å². The van der Waals surface area contributed by atoms with E-state index < -0.39 is 66.4 Å². The molecule has 0 radical (unpaired) electrons. The summed E-state index contributed by atoms with van der Waals surface area (Å²) in [5.41, 5.74) is 5.76. The highest BCUT2D eigenvalue weighted by molar-refractivity contribution is 5.95. The standard InChI is InChI=1S/C21H31F4N5O5/c1-19(2,3)15(27-18(35)21(23,24)25)17(34)29-9-10-13(20(10,4)5)14(29)16(33)28-30(12(32)8-22)7-6-11(26)31/h10,13-15H,6-9H2,1-5H3,(H2,26,31)(H,27,35)(H,28,33)/t10-,13-,14-,15+/m0/s1. The average Bonchev–Trinajstić information content (AvgIpc) is 3.06. The van der Waals surface area contributed by atoms with E-state index in [2.05, 4.69) is 5.43 Å². The number of rotatable bonds is 7. The summed E-state index contributed by atoms with van der Waals surface area (Å²) in [5.74, 6) is -6.53. The van der Waals surface area contributed by atoms with Crippen LogP contribution >= 0.6 is 0 Å². The Kier molecular flexibility index (Phi) is 7.77. The van der Waals surface area contributed by atoms with Gasteiger partial charge in [-0.25, -0.2) is 4.39 Å². The van der Waals surface area contributed by atoms with Gasteiger partial charge in [-0.15, -0.1) is 0 Å². The molecule has 2 fully saturated rings. The van der Waals surface area contributed by atoms with Crippen molar-refractivity contribution < 1.29 is 41.5 Å². The molecule has 14 heteroatoms. The molecule has 1 heterocycles. The third kappa shape index (κ3) is 6.01. The second-order valence-electron chi connectivity index (χ2n) is 10.5. The fourth-order valence-electron chi connectivity index (χ4n) is 4.58. The van der Waals surface area contributed by atoms with Crippen molar-refractivity contribution in [2.45, 2.75) is 59.3 Å². The smallest absolute Gasteiger partial charge is 0.370 e. The maximum atomic E-state index is 13.4. The van der Waals surface area contributed by atoms with E-state index in [0.29, 0.717) is 5.01 Å². The Morgan fingerprint density at radius 1 is 1.14 bits per heavy atom. The van der Waals surface area contributed by atoms with Gasteiger partial charge in [-0.05, 0) is 22.7 Å². The lowest BCUT2D eigenvalue weighted by Gasteiger charge is -2.38. The third-order valence-corrected chi connectivity index (χ3v) is 6.65. The van der Waals surface area contributed by atoms with Crippen LogP contribution in [0.3, 0.4) is 0 Å². The van der Waals surface area contributed by atoms with Gasteiger partial charge in [0.05, 0.1) is 6.54 Å². The zero-order valence-electron chi connectivity index (χ0n) is 20.2. The number of amides is 5. The number of nitrogens with one attached hydrogen (secondary N) is 2. The minimum atomic E-state index is -5.22. The Labute approximate surface area is 199 Å². The van der Waals surface area contributed by atoms with Crippen molar-refractivity contribution in [3.63, 3.8) is 0 Å². The van der Waals surface area contributed by atoms with Gasteiger partial charge in [-0.2, -0.15) is 13.2 Å². The summed E-state index contributed by atoms with van der Waals surface area (Å²) in [7, 11) is 0. The van der Waals surface area contributed by atoms with Crippen molar-refractivity contribution in [1.82, 2.24) is 20.7 Å². The number of halogens is 4. The van der Waals surface area contributed by atoms with Crippen LogP contribution in [0, 0.1) is 22.7 Å². The molecule has 1 saturated heterocycles. The summed E-state index contributed by atoms with van der Waals surface area (Å²) in [6, 6.07) is -2.80. The van der Waals surface area contributed by atoms with Crippen molar-refractivity contribution in [3.8, 4) is 0 Å². The predicted octanol–water partition coefficient (Wildman–Crippen LogP) is 0.267. The van der Waals surface area contributed by atoms with Crippen LogP contribution in [-0.2, 0) is 24.0 Å². The third-order valence-electron chi connectivity index (χ3n) is 6.65. The van der Waals surface area contributed by atoms with E-state index in [1.54, 1.807) is 5.32 Å². The number of piperidine rings is 1. The Balaban J connectivity index is 2.33. The lowest BCUT2D eigenvalue weighted by molar-refractivity contribution is -0.176. The fraction of sp³-hybridized carbons (Fsp3) is 0.762. The number of primary amides is 1. The maximum absolute atomic E-state index is 13.4. The molecular formula is C21H31F4N5O5. The molecule has 2 rings (SSSR count). The lowest BCUT2D eigenvalue weighted by atomic mass is 9.85. The molecule has 4 N–H and O–H groups in total. The van der Waals surface area contributed by atoms with Crippen LogP contribution in [0.2, 0.25) is 0 Å². The molecule has 0 spiro atoms. The van der Waals surface area contributed by atoms with Crippen molar-refractivity contribution >= 4 is 29.5 Å². The highest BCUT2D eigenvalue weighted by Crippen LogP contribution is 2.65. The van der Waals surface area contributed by atoms with Crippen LogP contribution in [0.5, 0.6) is 0 Å². The summed E-state index contributed by atoms with van der Waals surface area (Å²) >= 11 is 0. The fourth-order valence-corrected chi connectivity index (χ4v) is 4.58. The molecule has 1 saturated carbocycles. The zero-order valence-corrected chi connectivity index (χ0v) is 20.2. The quantitative estimate of drug-likeness (QED) is 0.334. The number of carbonyl (C=O) groups excluding carboxylic acids is 5. The number of alkyl halides is 4. The van der Waals surface area contributed by atoms with Crippen LogP contribution in [0.1, 0.15) is 41.0 Å². The summed E-state index contributed by atoms with van der Waals surface area (Å²) in [4.78, 5) is 62.3. The molecule has 1 aliphatic heterocycles. The second-order valence-corrected chi connectivity index (χ2v) is 10.5. The molecule has 0 bridgehead atoms. The predicted molar refractivity (Wildman–Crippen MR) is 113 cm³/mol. The van der Waals surface area contributed by atoms with E-state index in [-0.39, 0.29) is 30.2 Å². The van der Waals surface area contributed by atoms with E-state index in [4.69, 9.17) is 5.73 Å². The minimum Gasteiger partial charge on any atom is -0.370 e. The lowest BCUT2D eigenvalue weighted by Crippen LogP contribution is -2.62. The number of hydrogen-bond acceptors (Lipinski definition) is 5. The Morgan fingerprint density at radius 3 is 2.17 bits per heavy atom. The van der Waals surface area contributed by atoms with Gasteiger partial charge in [-0.1, -0.05) is 34.6 Å². The van der Waals surface area contributed by atoms with Crippen molar-refractivity contribution in [2.24, 2.45) is 28.4 Å². The van der Waals surface area contributed by atoms with Gasteiger partial charge in [0.15, 0.2) is 6.67 Å². The van der Waals surface area contributed by atoms with Crippen LogP contribution in [-0.4, -0.2) is 77.5 Å². The van der Waals surface area contributed by atoms with E-state index in [9.17, 15) is 41.5 Å². The molecule has 1 aliphatic carbocycles. The number of hydrazine groups is 1. The largest absolute Gasteiger partial charge is 0.471 e. The summed E-state index contributed by atoms with van der Waals surface area (Å²) in [5, 5.41) is 2.32. The minimum absolute atomic E-state index is 0.0431. The number of carbonyl (C=O) groups is 5. The number of nitrogens with zero attached hydrogens (tertiary/aromatic N) is 2. The summed E-state index contributed by atoms with van der Waals surface area (Å²) in [6.07, 6.45) is -5.59. The van der Waals surface area contributed by atoms with E-state index in [1.807, 2.05) is 13.8 Å². The van der Waals surface area contributed by atoms with Gasteiger partial charge in [0, 0.05) is 13.0 Å². The molecule has 5 amide bonds. The van der Waals surface area contributed by atoms with Crippen molar-refractivity contribution in [3.05, 3.63) is 0 Å². The molecule has 0 aromatic heterocycles. The zero-order chi connectivity index (χ0) is 27.1. The normalized spacial score (nSPS) is 23.7. The molecule has 0 aromatic rings. The first-order chi connectivity index (χ1) is 15.8. The molecule has 0 unspecified atom stereocenters. The Bertz CT molecular complexity index is 902. The monoisotopic (exact) mass is 509 g/mol. The second kappa shape index (κ2) is 9.61. The van der Waals surface area contributed by atoms with Crippen LogP contribution in [0.4, 0.5) is 17.6 Å². The van der Waals surface area contributed by atoms with Gasteiger partial charge < -0.3 is 16.0 Å². The van der Waals surface area contributed by atoms with Gasteiger partial charge in [0.25, 0.3) is 11.8 Å².